The summed E-state index contributed by atoms with van der Waals surface area (Å²) in [7, 11) is -4.12. The van der Waals surface area contributed by atoms with Gasteiger partial charge in [0, 0.05) is 17.6 Å². The molecular formula is C30H36ClN3O4S. The van der Waals surface area contributed by atoms with Crippen LogP contribution in [-0.4, -0.2) is 43.8 Å². The van der Waals surface area contributed by atoms with Crippen molar-refractivity contribution in [2.75, 3.05) is 10.8 Å². The molecule has 3 rings (SSSR count). The van der Waals surface area contributed by atoms with Crippen LogP contribution in [0.1, 0.15) is 43.0 Å². The van der Waals surface area contributed by atoms with Gasteiger partial charge >= 0.3 is 0 Å². The summed E-state index contributed by atoms with van der Waals surface area (Å²) in [4.78, 5) is 28.5. The molecule has 39 heavy (non-hydrogen) atoms. The highest BCUT2D eigenvalue weighted by Gasteiger charge is 2.33. The third-order valence-corrected chi connectivity index (χ3v) is 8.37. The first kappa shape index (κ1) is 30.2. The average molecular weight is 570 g/mol. The smallest absolute Gasteiger partial charge is 0.264 e. The Morgan fingerprint density at radius 2 is 1.54 bits per heavy atom. The van der Waals surface area contributed by atoms with E-state index in [9.17, 15) is 18.0 Å². The first-order valence-corrected chi connectivity index (χ1v) is 14.6. The fourth-order valence-electron chi connectivity index (χ4n) is 4.16. The second kappa shape index (κ2) is 12.7. The molecule has 3 aromatic rings. The summed E-state index contributed by atoms with van der Waals surface area (Å²) in [5, 5.41) is 3.35. The molecule has 0 heterocycles. The second-order valence-electron chi connectivity index (χ2n) is 10.1. The number of halogens is 1. The first-order valence-electron chi connectivity index (χ1n) is 12.8. The van der Waals surface area contributed by atoms with Gasteiger partial charge in [-0.3, -0.25) is 13.9 Å². The van der Waals surface area contributed by atoms with Gasteiger partial charge in [-0.2, -0.15) is 0 Å². The number of hydrogen-bond acceptors (Lipinski definition) is 4. The number of nitrogens with one attached hydrogen (secondary N) is 1. The van der Waals surface area contributed by atoms with E-state index in [4.69, 9.17) is 11.6 Å². The standard InChI is InChI=1S/C30H36ClN3O4S/c1-20(2)32-30(36)24(6)33(18-25-8-7-9-26(31)17-25)29(35)19-34(28-16-22(4)10-13-23(28)5)39(37,38)27-14-11-21(3)12-15-27/h7-17,20,24H,18-19H2,1-6H3,(H,32,36)/t24-/m1/s1. The third kappa shape index (κ3) is 7.61. The minimum absolute atomic E-state index is 0.0776. The van der Waals surface area contributed by atoms with Crippen LogP contribution in [-0.2, 0) is 26.2 Å². The number of carbonyl (C=O) groups excluding carboxylic acids is 2. The van der Waals surface area contributed by atoms with Crippen LogP contribution in [0.4, 0.5) is 5.69 Å². The van der Waals surface area contributed by atoms with Crippen LogP contribution in [0, 0.1) is 20.8 Å². The highest BCUT2D eigenvalue weighted by Crippen LogP contribution is 2.29. The molecule has 0 aliphatic rings. The van der Waals surface area contributed by atoms with Crippen molar-refractivity contribution in [3.8, 4) is 0 Å². The Labute approximate surface area is 236 Å². The van der Waals surface area contributed by atoms with Crippen molar-refractivity contribution in [3.63, 3.8) is 0 Å². The second-order valence-corrected chi connectivity index (χ2v) is 12.4. The fourth-order valence-corrected chi connectivity index (χ4v) is 5.84. The van der Waals surface area contributed by atoms with E-state index in [1.807, 2.05) is 45.9 Å². The SMILES string of the molecule is Cc1ccc(S(=O)(=O)N(CC(=O)N(Cc2cccc(Cl)c2)[C@H](C)C(=O)NC(C)C)c2cc(C)ccc2C)cc1. The molecule has 0 aromatic heterocycles. The molecule has 0 saturated heterocycles. The summed E-state index contributed by atoms with van der Waals surface area (Å²) in [6.07, 6.45) is 0. The molecule has 0 saturated carbocycles. The highest BCUT2D eigenvalue weighted by molar-refractivity contribution is 7.92. The minimum atomic E-state index is -4.12. The van der Waals surface area contributed by atoms with Gasteiger partial charge in [-0.1, -0.05) is 53.6 Å². The maximum atomic E-state index is 14.0. The molecule has 3 aromatic carbocycles. The third-order valence-electron chi connectivity index (χ3n) is 6.36. The van der Waals surface area contributed by atoms with E-state index in [2.05, 4.69) is 5.32 Å². The number of aryl methyl sites for hydroxylation is 3. The number of anilines is 1. The van der Waals surface area contributed by atoms with Gasteiger partial charge < -0.3 is 10.2 Å². The monoisotopic (exact) mass is 569 g/mol. The molecule has 0 radical (unpaired) electrons. The van der Waals surface area contributed by atoms with Crippen LogP contribution in [0.25, 0.3) is 0 Å². The highest BCUT2D eigenvalue weighted by atomic mass is 35.5. The zero-order valence-corrected chi connectivity index (χ0v) is 24.8. The molecule has 0 spiro atoms. The number of nitrogens with zero attached hydrogens (tertiary/aromatic N) is 2. The predicted molar refractivity (Wildman–Crippen MR) is 156 cm³/mol. The molecule has 2 amide bonds. The van der Waals surface area contributed by atoms with E-state index in [1.165, 1.54) is 17.0 Å². The zero-order valence-electron chi connectivity index (χ0n) is 23.2. The van der Waals surface area contributed by atoms with Gasteiger partial charge in [-0.25, -0.2) is 8.42 Å². The molecule has 208 valence electrons. The number of carbonyl (C=O) groups is 2. The Balaban J connectivity index is 2.08. The largest absolute Gasteiger partial charge is 0.352 e. The molecule has 0 unspecified atom stereocenters. The minimum Gasteiger partial charge on any atom is -0.352 e. The van der Waals surface area contributed by atoms with Gasteiger partial charge in [0.05, 0.1) is 10.6 Å². The molecule has 0 aliphatic heterocycles. The van der Waals surface area contributed by atoms with Crippen LogP contribution in [0.2, 0.25) is 5.02 Å². The van der Waals surface area contributed by atoms with Gasteiger partial charge in [0.15, 0.2) is 0 Å². The summed E-state index contributed by atoms with van der Waals surface area (Å²) in [5.74, 6) is -0.849. The van der Waals surface area contributed by atoms with E-state index in [1.54, 1.807) is 50.2 Å². The predicted octanol–water partition coefficient (Wildman–Crippen LogP) is 5.40. The number of benzene rings is 3. The van der Waals surface area contributed by atoms with E-state index in [-0.39, 0.29) is 23.4 Å². The Kier molecular flexibility index (Phi) is 9.80. The topological polar surface area (TPSA) is 86.8 Å². The van der Waals surface area contributed by atoms with Crippen molar-refractivity contribution >= 4 is 39.1 Å². The molecule has 0 bridgehead atoms. The maximum Gasteiger partial charge on any atom is 0.264 e. The molecule has 1 N–H and O–H groups in total. The molecule has 7 nitrogen and oxygen atoms in total. The van der Waals surface area contributed by atoms with Gasteiger partial charge in [0.2, 0.25) is 11.8 Å². The van der Waals surface area contributed by atoms with E-state index >= 15 is 0 Å². The van der Waals surface area contributed by atoms with Gasteiger partial charge in [-0.05, 0) is 88.6 Å². The molecule has 1 atom stereocenters. The van der Waals surface area contributed by atoms with Crippen LogP contribution >= 0.6 is 11.6 Å². The summed E-state index contributed by atoms with van der Waals surface area (Å²) < 4.78 is 29.1. The van der Waals surface area contributed by atoms with Gasteiger partial charge in [0.25, 0.3) is 10.0 Å². The van der Waals surface area contributed by atoms with Crippen molar-refractivity contribution in [2.45, 2.75) is 65.1 Å². The first-order chi connectivity index (χ1) is 18.3. The molecule has 0 fully saturated rings. The zero-order chi connectivity index (χ0) is 28.9. The Hall–Kier alpha value is -3.36. The van der Waals surface area contributed by atoms with Crippen molar-refractivity contribution in [1.82, 2.24) is 10.2 Å². The number of amides is 2. The van der Waals surface area contributed by atoms with E-state index in [0.29, 0.717) is 16.3 Å². The van der Waals surface area contributed by atoms with E-state index in [0.717, 1.165) is 21.0 Å². The molecule has 9 heteroatoms. The Morgan fingerprint density at radius 1 is 0.897 bits per heavy atom. The lowest BCUT2D eigenvalue weighted by Gasteiger charge is -2.33. The quantitative estimate of drug-likeness (QED) is 0.354. The Morgan fingerprint density at radius 3 is 2.15 bits per heavy atom. The normalized spacial score (nSPS) is 12.2. The van der Waals surface area contributed by atoms with Crippen molar-refractivity contribution in [3.05, 3.63) is 94.0 Å². The summed E-state index contributed by atoms with van der Waals surface area (Å²) in [5.41, 5.74) is 3.61. The maximum absolute atomic E-state index is 14.0. The number of sulfonamides is 1. The molecule has 0 aliphatic carbocycles. The summed E-state index contributed by atoms with van der Waals surface area (Å²) in [6, 6.07) is 18.0. The summed E-state index contributed by atoms with van der Waals surface area (Å²) in [6.45, 7) is 10.5. The lowest BCUT2D eigenvalue weighted by molar-refractivity contribution is -0.139. The lowest BCUT2D eigenvalue weighted by atomic mass is 10.1. The fraction of sp³-hybridized carbons (Fsp3) is 0.333. The number of hydrogen-bond donors (Lipinski definition) is 1. The number of rotatable bonds is 10. The van der Waals surface area contributed by atoms with Crippen LogP contribution in [0.5, 0.6) is 0 Å². The van der Waals surface area contributed by atoms with Crippen molar-refractivity contribution in [2.24, 2.45) is 0 Å². The van der Waals surface area contributed by atoms with Gasteiger partial charge in [-0.15, -0.1) is 0 Å². The average Bonchev–Trinajstić information content (AvgIpc) is 2.86. The summed E-state index contributed by atoms with van der Waals surface area (Å²) >= 11 is 6.18. The van der Waals surface area contributed by atoms with Crippen LogP contribution < -0.4 is 9.62 Å². The lowest BCUT2D eigenvalue weighted by Crippen LogP contribution is -2.52. The van der Waals surface area contributed by atoms with Crippen molar-refractivity contribution < 1.29 is 18.0 Å². The van der Waals surface area contributed by atoms with Crippen molar-refractivity contribution in [1.29, 1.82) is 0 Å². The molecular weight excluding hydrogens is 534 g/mol. The Bertz CT molecular complexity index is 1440. The van der Waals surface area contributed by atoms with E-state index < -0.39 is 28.5 Å². The van der Waals surface area contributed by atoms with Crippen LogP contribution in [0.15, 0.2) is 71.6 Å². The van der Waals surface area contributed by atoms with Crippen LogP contribution in [0.3, 0.4) is 0 Å². The van der Waals surface area contributed by atoms with Gasteiger partial charge in [0.1, 0.15) is 12.6 Å².